The molecule has 0 bridgehead atoms. The van der Waals surface area contributed by atoms with Crippen molar-refractivity contribution in [3.63, 3.8) is 0 Å². The van der Waals surface area contributed by atoms with Crippen LogP contribution in [-0.2, 0) is 17.5 Å². The zero-order valence-electron chi connectivity index (χ0n) is 16.7. The number of para-hydroxylation sites is 1. The first-order chi connectivity index (χ1) is 12.8. The number of benzene rings is 2. The average Bonchev–Trinajstić information content (AvgIpc) is 2.64. The van der Waals surface area contributed by atoms with Gasteiger partial charge in [0.25, 0.3) is 0 Å². The molecule has 0 aliphatic carbocycles. The molecule has 4 nitrogen and oxygen atoms in total. The summed E-state index contributed by atoms with van der Waals surface area (Å²) in [6.45, 7) is 0.952. The summed E-state index contributed by atoms with van der Waals surface area (Å²) in [5, 5.41) is 12.9. The molecule has 0 amide bonds. The van der Waals surface area contributed by atoms with Crippen molar-refractivity contribution < 1.29 is 75.9 Å². The molecule has 0 saturated carbocycles. The molecule has 1 saturated heterocycles. The van der Waals surface area contributed by atoms with Crippen molar-refractivity contribution in [2.24, 2.45) is 0 Å². The van der Waals surface area contributed by atoms with Crippen molar-refractivity contribution in [2.75, 3.05) is 18.4 Å². The van der Waals surface area contributed by atoms with Gasteiger partial charge in [0, 0.05) is 25.3 Å². The number of anilines is 1. The van der Waals surface area contributed by atoms with Gasteiger partial charge in [-0.25, -0.2) is 4.79 Å². The topological polar surface area (TPSA) is 52.6 Å². The van der Waals surface area contributed by atoms with Crippen LogP contribution in [0.25, 0.3) is 0 Å². The first-order valence-electron chi connectivity index (χ1n) is 8.74. The van der Waals surface area contributed by atoms with Crippen LogP contribution in [0.2, 0.25) is 0 Å². The molecule has 1 fully saturated rings. The van der Waals surface area contributed by atoms with Crippen LogP contribution in [0.15, 0.2) is 54.6 Å². The van der Waals surface area contributed by atoms with E-state index in [0.29, 0.717) is 25.9 Å². The molecule has 2 N–H and O–H groups in total. The van der Waals surface area contributed by atoms with E-state index in [0.717, 1.165) is 11.8 Å². The number of hydrogen-bond acceptors (Lipinski definition) is 3. The Hall–Kier alpha value is -0.904. The number of hydrogen-bond donors (Lipinski definition) is 2. The molecule has 2 aromatic carbocycles. The fourth-order valence-electron chi connectivity index (χ4n) is 3.46. The number of aliphatic carboxylic acids is 1. The fourth-order valence-corrected chi connectivity index (χ4v) is 3.46. The predicted molar refractivity (Wildman–Crippen MR) is 97.5 cm³/mol. The second kappa shape index (κ2) is 9.73. The van der Waals surface area contributed by atoms with E-state index in [9.17, 15) is 23.1 Å². The Morgan fingerprint density at radius 2 is 1.64 bits per heavy atom. The summed E-state index contributed by atoms with van der Waals surface area (Å²) < 4.78 is 39.5. The molecule has 8 heteroatoms. The largest absolute Gasteiger partial charge is 1.00 e. The minimum atomic E-state index is -4.40. The maximum absolute atomic E-state index is 13.2. The summed E-state index contributed by atoms with van der Waals surface area (Å²) in [6.07, 6.45) is -3.77. The molecule has 2 aromatic rings. The minimum Gasteiger partial charge on any atom is -1.00 e. The van der Waals surface area contributed by atoms with E-state index in [1.807, 2.05) is 23.1 Å². The Balaban J connectivity index is 0.00000210. The van der Waals surface area contributed by atoms with Crippen LogP contribution in [0.3, 0.4) is 0 Å². The van der Waals surface area contributed by atoms with Gasteiger partial charge in [-0.05, 0) is 36.6 Å². The third kappa shape index (κ3) is 5.58. The van der Waals surface area contributed by atoms with Gasteiger partial charge < -0.3 is 11.8 Å². The first kappa shape index (κ1) is 23.4. The Morgan fingerprint density at radius 3 is 2.21 bits per heavy atom. The smallest absolute Gasteiger partial charge is 1.00 e. The van der Waals surface area contributed by atoms with Gasteiger partial charge in [-0.2, -0.15) is 13.2 Å². The van der Waals surface area contributed by atoms with Gasteiger partial charge in [0.15, 0.2) is 0 Å². The summed E-state index contributed by atoms with van der Waals surface area (Å²) >= 11 is 0. The molecule has 146 valence electrons. The van der Waals surface area contributed by atoms with Crippen molar-refractivity contribution >= 4 is 11.7 Å². The van der Waals surface area contributed by atoms with E-state index in [1.165, 1.54) is 12.1 Å². The van der Waals surface area contributed by atoms with Crippen molar-refractivity contribution in [3.8, 4) is 0 Å². The summed E-state index contributed by atoms with van der Waals surface area (Å²) in [5.41, 5.74) is -0.816. The van der Waals surface area contributed by atoms with Gasteiger partial charge in [0.1, 0.15) is 5.54 Å². The summed E-state index contributed by atoms with van der Waals surface area (Å²) in [7, 11) is 0. The number of rotatable bonds is 5. The van der Waals surface area contributed by atoms with Crippen molar-refractivity contribution in [1.29, 1.82) is 0 Å². The number of carbonyl (C=O) groups is 1. The Labute approximate surface area is 206 Å². The molecule has 0 radical (unpaired) electrons. The van der Waals surface area contributed by atoms with Gasteiger partial charge in [0.05, 0.1) is 5.56 Å². The van der Waals surface area contributed by atoms with Crippen molar-refractivity contribution in [2.45, 2.75) is 31.1 Å². The van der Waals surface area contributed by atoms with Crippen LogP contribution in [0.1, 0.15) is 25.4 Å². The third-order valence-electron chi connectivity index (χ3n) is 4.99. The number of carboxylic acid groups (broad SMARTS) is 1. The molecular formula is C20H22F3KN2O2. The van der Waals surface area contributed by atoms with Crippen LogP contribution < -0.4 is 56.7 Å². The SMILES string of the molecule is O=C(O)C1(Nc2ccccc2)CCN(Cc2ccccc2C(F)(F)F)CC1.[H-].[K+]. The van der Waals surface area contributed by atoms with Gasteiger partial charge in [-0.3, -0.25) is 4.90 Å². The summed E-state index contributed by atoms with van der Waals surface area (Å²) in [4.78, 5) is 13.8. The van der Waals surface area contributed by atoms with Crippen LogP contribution in [0, 0.1) is 0 Å². The summed E-state index contributed by atoms with van der Waals surface area (Å²) in [6, 6.07) is 14.6. The standard InChI is InChI=1S/C20H21F3N2O2.K.H/c21-20(22,23)17-9-5-4-6-15(17)14-25-12-10-19(11-13-25,18(26)27)24-16-7-2-1-3-8-16;;/h1-9,24H,10-14H2,(H,26,27);;/q;+1;-1. The van der Waals surface area contributed by atoms with Crippen molar-refractivity contribution in [3.05, 3.63) is 65.7 Å². The molecule has 1 heterocycles. The zero-order chi connectivity index (χ0) is 19.5. The molecule has 1 aliphatic heterocycles. The Morgan fingerprint density at radius 1 is 1.07 bits per heavy atom. The number of alkyl halides is 3. The monoisotopic (exact) mass is 418 g/mol. The molecule has 0 unspecified atom stereocenters. The van der Waals surface area contributed by atoms with Crippen LogP contribution in [0.5, 0.6) is 0 Å². The quantitative estimate of drug-likeness (QED) is 0.720. The number of nitrogens with zero attached hydrogens (tertiary/aromatic N) is 1. The minimum absolute atomic E-state index is 0. The zero-order valence-corrected chi connectivity index (χ0v) is 18.8. The van der Waals surface area contributed by atoms with E-state index in [2.05, 4.69) is 5.32 Å². The molecular weight excluding hydrogens is 396 g/mol. The molecule has 0 aromatic heterocycles. The number of piperidine rings is 1. The van der Waals surface area contributed by atoms with Gasteiger partial charge in [-0.1, -0.05) is 36.4 Å². The van der Waals surface area contributed by atoms with E-state index in [-0.39, 0.29) is 64.9 Å². The second-order valence-corrected chi connectivity index (χ2v) is 6.81. The molecule has 28 heavy (non-hydrogen) atoms. The van der Waals surface area contributed by atoms with Gasteiger partial charge >= 0.3 is 63.5 Å². The van der Waals surface area contributed by atoms with Crippen molar-refractivity contribution in [1.82, 2.24) is 4.90 Å². The van der Waals surface area contributed by atoms with Gasteiger partial charge in [0.2, 0.25) is 0 Å². The van der Waals surface area contributed by atoms with Crippen LogP contribution in [0.4, 0.5) is 18.9 Å². The van der Waals surface area contributed by atoms with Gasteiger partial charge in [-0.15, -0.1) is 0 Å². The predicted octanol–water partition coefficient (Wildman–Crippen LogP) is 1.35. The van der Waals surface area contributed by atoms with E-state index in [1.54, 1.807) is 18.2 Å². The maximum atomic E-state index is 13.2. The Kier molecular flexibility index (Phi) is 8.12. The number of likely N-dealkylation sites (tertiary alicyclic amines) is 1. The third-order valence-corrected chi connectivity index (χ3v) is 4.99. The first-order valence-corrected chi connectivity index (χ1v) is 8.74. The van der Waals surface area contributed by atoms with E-state index < -0.39 is 23.2 Å². The van der Waals surface area contributed by atoms with E-state index >= 15 is 0 Å². The number of nitrogens with one attached hydrogen (secondary N) is 1. The van der Waals surface area contributed by atoms with Crippen LogP contribution >= 0.6 is 0 Å². The Bertz CT molecular complexity index is 798. The molecule has 0 spiro atoms. The summed E-state index contributed by atoms with van der Waals surface area (Å²) in [5.74, 6) is -0.943. The molecule has 0 atom stereocenters. The van der Waals surface area contributed by atoms with E-state index in [4.69, 9.17) is 0 Å². The number of carboxylic acids is 1. The normalized spacial score (nSPS) is 16.8. The molecule has 1 aliphatic rings. The van der Waals surface area contributed by atoms with Crippen LogP contribution in [-0.4, -0.2) is 34.6 Å². The number of halogens is 3. The maximum Gasteiger partial charge on any atom is 1.00 e. The average molecular weight is 419 g/mol. The fraction of sp³-hybridized carbons (Fsp3) is 0.350. The second-order valence-electron chi connectivity index (χ2n) is 6.81. The molecule has 3 rings (SSSR count).